The average molecular weight is 242 g/mol. The van der Waals surface area contributed by atoms with Gasteiger partial charge in [0.05, 0.1) is 18.0 Å². The summed E-state index contributed by atoms with van der Waals surface area (Å²) in [5.41, 5.74) is 0.918. The molecule has 2 heterocycles. The summed E-state index contributed by atoms with van der Waals surface area (Å²) in [5.74, 6) is 0.581. The minimum atomic E-state index is 0.387. The largest absolute Gasteiger partial charge is 0.383 e. The molecule has 88 valence electrons. The van der Waals surface area contributed by atoms with Crippen LogP contribution >= 0.6 is 11.6 Å². The predicted molar refractivity (Wildman–Crippen MR) is 63.7 cm³/mol. The van der Waals surface area contributed by atoms with Gasteiger partial charge in [-0.2, -0.15) is 5.10 Å². The summed E-state index contributed by atoms with van der Waals surface area (Å²) in [6.45, 7) is 3.94. The van der Waals surface area contributed by atoms with Crippen LogP contribution in [0.1, 0.15) is 19.8 Å². The molecular weight excluding hydrogens is 226 g/mol. The van der Waals surface area contributed by atoms with Crippen LogP contribution in [0.2, 0.25) is 5.15 Å². The van der Waals surface area contributed by atoms with Crippen LogP contribution in [-0.4, -0.2) is 29.5 Å². The molecular formula is C11H16ClN3O. The van der Waals surface area contributed by atoms with Gasteiger partial charge in [0.1, 0.15) is 0 Å². The maximum Gasteiger partial charge on any atom is 0.153 e. The Kier molecular flexibility index (Phi) is 3.96. The number of nitrogens with one attached hydrogen (secondary N) is 1. The lowest BCUT2D eigenvalue weighted by Crippen LogP contribution is -2.22. The fourth-order valence-electron chi connectivity index (χ4n) is 2.06. The molecule has 1 saturated heterocycles. The predicted octanol–water partition coefficient (Wildman–Crippen LogP) is 2.36. The number of rotatable bonds is 4. The van der Waals surface area contributed by atoms with E-state index >= 15 is 0 Å². The van der Waals surface area contributed by atoms with Gasteiger partial charge >= 0.3 is 0 Å². The third-order valence-corrected chi connectivity index (χ3v) is 3.13. The Morgan fingerprint density at radius 3 is 3.25 bits per heavy atom. The molecule has 1 N–H and O–H groups in total. The molecule has 0 bridgehead atoms. The first kappa shape index (κ1) is 11.6. The molecule has 1 aromatic heterocycles. The first-order chi connectivity index (χ1) is 7.79. The average Bonchev–Trinajstić information content (AvgIpc) is 2.74. The van der Waals surface area contributed by atoms with E-state index in [9.17, 15) is 0 Å². The molecule has 1 fully saturated rings. The molecule has 5 heteroatoms. The van der Waals surface area contributed by atoms with Gasteiger partial charge in [-0.15, -0.1) is 5.10 Å². The quantitative estimate of drug-likeness (QED) is 0.879. The van der Waals surface area contributed by atoms with E-state index in [0.29, 0.717) is 17.2 Å². The van der Waals surface area contributed by atoms with Gasteiger partial charge in [-0.25, -0.2) is 0 Å². The van der Waals surface area contributed by atoms with Crippen LogP contribution in [0.3, 0.4) is 0 Å². The molecule has 2 rings (SSSR count). The van der Waals surface area contributed by atoms with E-state index in [1.807, 2.05) is 0 Å². The zero-order valence-electron chi connectivity index (χ0n) is 9.32. The Hall–Kier alpha value is -0.870. The van der Waals surface area contributed by atoms with E-state index in [2.05, 4.69) is 22.4 Å². The van der Waals surface area contributed by atoms with Crippen molar-refractivity contribution in [2.24, 2.45) is 5.92 Å². The van der Waals surface area contributed by atoms with Crippen molar-refractivity contribution < 1.29 is 4.74 Å². The normalized spacial score (nSPS) is 24.6. The molecule has 0 amide bonds. The van der Waals surface area contributed by atoms with Crippen molar-refractivity contribution in [3.05, 3.63) is 17.4 Å². The lowest BCUT2D eigenvalue weighted by Gasteiger charge is -2.17. The second-order valence-corrected chi connectivity index (χ2v) is 4.40. The van der Waals surface area contributed by atoms with Gasteiger partial charge in [-0.3, -0.25) is 0 Å². The first-order valence-corrected chi connectivity index (χ1v) is 6.01. The fourth-order valence-corrected chi connectivity index (χ4v) is 2.22. The molecule has 0 spiro atoms. The van der Waals surface area contributed by atoms with Gasteiger partial charge in [0.15, 0.2) is 5.15 Å². The highest BCUT2D eigenvalue weighted by Crippen LogP contribution is 2.23. The minimum absolute atomic E-state index is 0.387. The highest BCUT2D eigenvalue weighted by atomic mass is 35.5. The molecule has 1 aliphatic rings. The number of hydrogen-bond acceptors (Lipinski definition) is 4. The Labute approximate surface area is 100 Å². The molecule has 0 saturated carbocycles. The van der Waals surface area contributed by atoms with Crippen LogP contribution in [-0.2, 0) is 4.74 Å². The van der Waals surface area contributed by atoms with E-state index < -0.39 is 0 Å². The zero-order chi connectivity index (χ0) is 11.4. The van der Waals surface area contributed by atoms with Gasteiger partial charge in [0.25, 0.3) is 0 Å². The number of aromatic nitrogens is 2. The highest BCUT2D eigenvalue weighted by molar-refractivity contribution is 6.29. The second kappa shape index (κ2) is 5.46. The molecule has 0 radical (unpaired) electrons. The Balaban J connectivity index is 1.87. The van der Waals surface area contributed by atoms with Gasteiger partial charge < -0.3 is 10.1 Å². The van der Waals surface area contributed by atoms with Gasteiger partial charge in [0, 0.05) is 25.1 Å². The van der Waals surface area contributed by atoms with Crippen molar-refractivity contribution in [3.63, 3.8) is 0 Å². The standard InChI is InChI=1S/C11H16ClN3O/c1-2-10-8(3-4-16-10)6-13-9-5-11(12)15-14-7-9/h5,7-8,10H,2-4,6H2,1H3,(H,13,15). The monoisotopic (exact) mass is 241 g/mol. The van der Waals surface area contributed by atoms with Crippen LogP contribution in [0, 0.1) is 5.92 Å². The summed E-state index contributed by atoms with van der Waals surface area (Å²) < 4.78 is 5.63. The molecule has 16 heavy (non-hydrogen) atoms. The van der Waals surface area contributed by atoms with Crippen molar-refractivity contribution in [3.8, 4) is 0 Å². The first-order valence-electron chi connectivity index (χ1n) is 5.63. The molecule has 2 atom stereocenters. The fraction of sp³-hybridized carbons (Fsp3) is 0.636. The topological polar surface area (TPSA) is 47.0 Å². The van der Waals surface area contributed by atoms with Gasteiger partial charge in [-0.05, 0) is 12.8 Å². The van der Waals surface area contributed by atoms with Gasteiger partial charge in [0.2, 0.25) is 0 Å². The smallest absolute Gasteiger partial charge is 0.153 e. The van der Waals surface area contributed by atoms with Crippen LogP contribution < -0.4 is 5.32 Å². The van der Waals surface area contributed by atoms with E-state index in [0.717, 1.165) is 31.7 Å². The number of halogens is 1. The Bertz CT molecular complexity index is 348. The maximum atomic E-state index is 5.76. The zero-order valence-corrected chi connectivity index (χ0v) is 10.1. The third kappa shape index (κ3) is 2.83. The number of nitrogens with zero attached hydrogens (tertiary/aromatic N) is 2. The van der Waals surface area contributed by atoms with Crippen molar-refractivity contribution in [2.75, 3.05) is 18.5 Å². The third-order valence-electron chi connectivity index (χ3n) is 2.94. The van der Waals surface area contributed by atoms with Crippen molar-refractivity contribution in [1.82, 2.24) is 10.2 Å². The molecule has 1 aliphatic heterocycles. The number of anilines is 1. The maximum absolute atomic E-state index is 5.76. The van der Waals surface area contributed by atoms with Crippen molar-refractivity contribution in [1.29, 1.82) is 0 Å². The summed E-state index contributed by atoms with van der Waals surface area (Å²) in [4.78, 5) is 0. The molecule has 0 aromatic carbocycles. The van der Waals surface area contributed by atoms with E-state index in [1.165, 1.54) is 0 Å². The lowest BCUT2D eigenvalue weighted by molar-refractivity contribution is 0.0900. The summed E-state index contributed by atoms with van der Waals surface area (Å²) in [7, 11) is 0. The summed E-state index contributed by atoms with van der Waals surface area (Å²) >= 11 is 5.76. The lowest BCUT2D eigenvalue weighted by atomic mass is 10.00. The molecule has 2 unspecified atom stereocenters. The van der Waals surface area contributed by atoms with E-state index in [-0.39, 0.29) is 0 Å². The van der Waals surface area contributed by atoms with Crippen LogP contribution in [0.4, 0.5) is 5.69 Å². The molecule has 0 aliphatic carbocycles. The van der Waals surface area contributed by atoms with Crippen molar-refractivity contribution in [2.45, 2.75) is 25.9 Å². The minimum Gasteiger partial charge on any atom is -0.383 e. The van der Waals surface area contributed by atoms with Crippen LogP contribution in [0.15, 0.2) is 12.3 Å². The number of ether oxygens (including phenoxy) is 1. The van der Waals surface area contributed by atoms with E-state index in [4.69, 9.17) is 16.3 Å². The Morgan fingerprint density at radius 1 is 1.62 bits per heavy atom. The second-order valence-electron chi connectivity index (χ2n) is 4.01. The SMILES string of the molecule is CCC1OCCC1CNc1cnnc(Cl)c1. The van der Waals surface area contributed by atoms with Gasteiger partial charge in [-0.1, -0.05) is 18.5 Å². The summed E-state index contributed by atoms with van der Waals surface area (Å²) in [6, 6.07) is 1.78. The number of hydrogen-bond donors (Lipinski definition) is 1. The molecule has 4 nitrogen and oxygen atoms in total. The van der Waals surface area contributed by atoms with Crippen LogP contribution in [0.5, 0.6) is 0 Å². The van der Waals surface area contributed by atoms with E-state index in [1.54, 1.807) is 12.3 Å². The van der Waals surface area contributed by atoms with Crippen LogP contribution in [0.25, 0.3) is 0 Å². The summed E-state index contributed by atoms with van der Waals surface area (Å²) in [6.07, 6.45) is 4.26. The van der Waals surface area contributed by atoms with Crippen molar-refractivity contribution >= 4 is 17.3 Å². The highest BCUT2D eigenvalue weighted by Gasteiger charge is 2.26. The molecule has 1 aromatic rings. The Morgan fingerprint density at radius 2 is 2.50 bits per heavy atom. The summed E-state index contributed by atoms with van der Waals surface area (Å²) in [5, 5.41) is 11.2.